The highest BCUT2D eigenvalue weighted by atomic mass is 32.2. The summed E-state index contributed by atoms with van der Waals surface area (Å²) in [5.41, 5.74) is 2.53. The fourth-order valence-corrected chi connectivity index (χ4v) is 5.15. The Balaban J connectivity index is 1.47. The highest BCUT2D eigenvalue weighted by Gasteiger charge is 2.32. The van der Waals surface area contributed by atoms with Crippen molar-refractivity contribution in [2.24, 2.45) is 5.92 Å². The van der Waals surface area contributed by atoms with Gasteiger partial charge in [0.05, 0.1) is 9.79 Å². The molecule has 31 heavy (non-hydrogen) atoms. The number of hydrogen-bond acceptors (Lipinski definition) is 5. The van der Waals surface area contributed by atoms with Crippen molar-refractivity contribution in [1.29, 1.82) is 0 Å². The van der Waals surface area contributed by atoms with Crippen LogP contribution in [0, 0.1) is 12.8 Å². The topological polar surface area (TPSA) is 88.5 Å². The van der Waals surface area contributed by atoms with Crippen LogP contribution < -0.4 is 0 Å². The number of benzene rings is 3. The Morgan fingerprint density at radius 1 is 0.871 bits per heavy atom. The molecule has 3 aromatic carbocycles. The van der Waals surface area contributed by atoms with Crippen molar-refractivity contribution < 1.29 is 23.1 Å². The summed E-state index contributed by atoms with van der Waals surface area (Å²) in [5, 5.41) is 9.66. The fraction of sp³-hybridized carbons (Fsp3) is 0.200. The molecule has 0 heterocycles. The number of aromatic hydroxyl groups is 1. The van der Waals surface area contributed by atoms with Gasteiger partial charge in [-0.1, -0.05) is 29.8 Å². The van der Waals surface area contributed by atoms with E-state index in [0.717, 1.165) is 11.1 Å². The monoisotopic (exact) mass is 434 g/mol. The summed E-state index contributed by atoms with van der Waals surface area (Å²) < 4.78 is 25.6. The lowest BCUT2D eigenvalue weighted by Crippen LogP contribution is -2.27. The van der Waals surface area contributed by atoms with Crippen LogP contribution in [0.2, 0.25) is 0 Å². The molecule has 0 saturated carbocycles. The molecule has 0 fully saturated rings. The van der Waals surface area contributed by atoms with Crippen LogP contribution in [0.4, 0.5) is 0 Å². The Bertz CT molecular complexity index is 1260. The van der Waals surface area contributed by atoms with Gasteiger partial charge in [0, 0.05) is 23.5 Å². The van der Waals surface area contributed by atoms with E-state index in [2.05, 4.69) is 0 Å². The van der Waals surface area contributed by atoms with Crippen molar-refractivity contribution in [2.75, 3.05) is 0 Å². The minimum atomic E-state index is -3.58. The zero-order valence-corrected chi connectivity index (χ0v) is 17.9. The molecule has 0 radical (unpaired) electrons. The van der Waals surface area contributed by atoms with Crippen molar-refractivity contribution in [2.45, 2.75) is 36.0 Å². The van der Waals surface area contributed by atoms with Crippen molar-refractivity contribution in [3.63, 3.8) is 0 Å². The smallest absolute Gasteiger partial charge is 0.206 e. The summed E-state index contributed by atoms with van der Waals surface area (Å²) in [6.45, 7) is 1.90. The Hall–Kier alpha value is -3.25. The number of aryl methyl sites for hydroxylation is 2. The van der Waals surface area contributed by atoms with Gasteiger partial charge in [-0.25, -0.2) is 8.42 Å². The van der Waals surface area contributed by atoms with Crippen LogP contribution in [0.1, 0.15) is 44.7 Å². The lowest BCUT2D eigenvalue weighted by atomic mass is 9.79. The first-order chi connectivity index (χ1) is 14.8. The summed E-state index contributed by atoms with van der Waals surface area (Å²) in [4.78, 5) is 25.6. The number of rotatable bonds is 5. The third-order valence-electron chi connectivity index (χ3n) is 5.72. The van der Waals surface area contributed by atoms with E-state index in [0.29, 0.717) is 18.4 Å². The van der Waals surface area contributed by atoms with Crippen LogP contribution in [-0.2, 0) is 16.3 Å². The van der Waals surface area contributed by atoms with Gasteiger partial charge in [0.25, 0.3) is 0 Å². The van der Waals surface area contributed by atoms with E-state index in [1.54, 1.807) is 48.5 Å². The van der Waals surface area contributed by atoms with E-state index >= 15 is 0 Å². The summed E-state index contributed by atoms with van der Waals surface area (Å²) in [7, 11) is -3.58. The first-order valence-electron chi connectivity index (χ1n) is 10.1. The van der Waals surface area contributed by atoms with Crippen LogP contribution in [0.5, 0.6) is 5.75 Å². The first-order valence-corrected chi connectivity index (χ1v) is 11.5. The van der Waals surface area contributed by atoms with Crippen molar-refractivity contribution in [3.05, 3.63) is 89.0 Å². The van der Waals surface area contributed by atoms with Crippen LogP contribution in [-0.4, -0.2) is 25.1 Å². The number of carbonyl (C=O) groups is 2. The van der Waals surface area contributed by atoms with Gasteiger partial charge in [0.15, 0.2) is 11.6 Å². The number of Topliss-reactive ketones (excluding diaryl/α,β-unsaturated/α-hetero) is 2. The van der Waals surface area contributed by atoms with E-state index in [-0.39, 0.29) is 39.1 Å². The van der Waals surface area contributed by atoms with E-state index < -0.39 is 15.8 Å². The molecule has 0 bridgehead atoms. The predicted molar refractivity (Wildman–Crippen MR) is 116 cm³/mol. The molecule has 1 N–H and O–H groups in total. The second-order valence-corrected chi connectivity index (χ2v) is 9.87. The SMILES string of the molecule is Cc1ccc(S(=O)(=O)c2ccc(CCC3CC(=O)c4ccc(O)cc4C3=O)cc2)cc1. The molecule has 1 unspecified atom stereocenters. The largest absolute Gasteiger partial charge is 0.508 e. The molecule has 0 saturated heterocycles. The van der Waals surface area contributed by atoms with Gasteiger partial charge in [0.1, 0.15) is 5.75 Å². The van der Waals surface area contributed by atoms with Crippen LogP contribution in [0.3, 0.4) is 0 Å². The van der Waals surface area contributed by atoms with Crippen molar-refractivity contribution in [1.82, 2.24) is 0 Å². The lowest BCUT2D eigenvalue weighted by molar-refractivity contribution is 0.0816. The Labute approximate surface area is 181 Å². The molecular formula is C25H22O5S. The third kappa shape index (κ3) is 4.16. The molecule has 1 aliphatic rings. The van der Waals surface area contributed by atoms with Crippen LogP contribution >= 0.6 is 0 Å². The van der Waals surface area contributed by atoms with Gasteiger partial charge in [-0.15, -0.1) is 0 Å². The van der Waals surface area contributed by atoms with E-state index in [9.17, 15) is 23.1 Å². The second-order valence-electron chi connectivity index (χ2n) is 7.92. The number of hydrogen-bond donors (Lipinski definition) is 1. The zero-order valence-electron chi connectivity index (χ0n) is 17.0. The molecular weight excluding hydrogens is 412 g/mol. The minimum absolute atomic E-state index is 0.0362. The van der Waals surface area contributed by atoms with Gasteiger partial charge >= 0.3 is 0 Å². The molecule has 3 aromatic rings. The maximum Gasteiger partial charge on any atom is 0.206 e. The normalized spacial score (nSPS) is 16.2. The number of fused-ring (bicyclic) bond motifs is 1. The number of phenols is 1. The summed E-state index contributed by atoms with van der Waals surface area (Å²) in [5.74, 6) is -0.716. The first kappa shape index (κ1) is 21.0. The lowest BCUT2D eigenvalue weighted by Gasteiger charge is -2.22. The van der Waals surface area contributed by atoms with E-state index in [4.69, 9.17) is 0 Å². The molecule has 4 rings (SSSR count). The average molecular weight is 435 g/mol. The molecule has 158 valence electrons. The summed E-state index contributed by atoms with van der Waals surface area (Å²) in [6.07, 6.45) is 1.17. The molecule has 1 aliphatic carbocycles. The molecule has 0 amide bonds. The molecule has 0 aromatic heterocycles. The maximum absolute atomic E-state index is 12.8. The highest BCUT2D eigenvalue weighted by Crippen LogP contribution is 2.31. The predicted octanol–water partition coefficient (Wildman–Crippen LogP) is 4.55. The van der Waals surface area contributed by atoms with Gasteiger partial charge in [-0.3, -0.25) is 9.59 Å². The Morgan fingerprint density at radius 2 is 1.48 bits per heavy atom. The molecule has 1 atom stereocenters. The van der Waals surface area contributed by atoms with E-state index in [1.807, 2.05) is 6.92 Å². The van der Waals surface area contributed by atoms with Crippen molar-refractivity contribution >= 4 is 21.4 Å². The quantitative estimate of drug-likeness (QED) is 0.636. The Kier molecular flexibility index (Phi) is 5.50. The summed E-state index contributed by atoms with van der Waals surface area (Å²) in [6, 6.07) is 17.6. The van der Waals surface area contributed by atoms with Crippen LogP contribution in [0.15, 0.2) is 76.5 Å². The fourth-order valence-electron chi connectivity index (χ4n) is 3.89. The third-order valence-corrected chi connectivity index (χ3v) is 7.50. The van der Waals surface area contributed by atoms with Crippen LogP contribution in [0.25, 0.3) is 0 Å². The Morgan fingerprint density at radius 3 is 2.13 bits per heavy atom. The highest BCUT2D eigenvalue weighted by molar-refractivity contribution is 7.91. The number of carbonyl (C=O) groups excluding carboxylic acids is 2. The summed E-state index contributed by atoms with van der Waals surface area (Å²) >= 11 is 0. The van der Waals surface area contributed by atoms with E-state index in [1.165, 1.54) is 18.2 Å². The van der Waals surface area contributed by atoms with Gasteiger partial charge in [0.2, 0.25) is 9.84 Å². The second kappa shape index (κ2) is 8.12. The van der Waals surface area contributed by atoms with Gasteiger partial charge in [-0.2, -0.15) is 0 Å². The standard InChI is InChI=1S/C25H22O5S/c1-16-2-9-20(10-3-16)31(29,30)21-11-5-17(6-12-21)4-7-18-14-24(27)22-13-8-19(26)15-23(22)25(18)28/h2-3,5-6,8-13,15,18,26H,4,7,14H2,1H3. The minimum Gasteiger partial charge on any atom is -0.508 e. The van der Waals surface area contributed by atoms with Crippen molar-refractivity contribution in [3.8, 4) is 5.75 Å². The number of sulfone groups is 1. The number of ketones is 2. The number of phenolic OH excluding ortho intramolecular Hbond substituents is 1. The molecule has 5 nitrogen and oxygen atoms in total. The maximum atomic E-state index is 12.8. The zero-order chi connectivity index (χ0) is 22.2. The van der Waals surface area contributed by atoms with Gasteiger partial charge in [-0.05, 0) is 67.8 Å². The average Bonchev–Trinajstić information content (AvgIpc) is 2.76. The molecule has 0 aliphatic heterocycles. The molecule has 6 heteroatoms. The van der Waals surface area contributed by atoms with Gasteiger partial charge < -0.3 is 5.11 Å². The molecule has 0 spiro atoms.